The summed E-state index contributed by atoms with van der Waals surface area (Å²) in [5.41, 5.74) is 9.01. The van der Waals surface area contributed by atoms with Gasteiger partial charge in [0.15, 0.2) is 0 Å². The van der Waals surface area contributed by atoms with Gasteiger partial charge in [0.2, 0.25) is 0 Å². The number of amidine groups is 1. The summed E-state index contributed by atoms with van der Waals surface area (Å²) in [5.74, 6) is 0.604. The molecule has 19 heavy (non-hydrogen) atoms. The minimum atomic E-state index is 0.214. The van der Waals surface area contributed by atoms with E-state index in [2.05, 4.69) is 11.1 Å². The number of nitrogens with two attached hydrogens (primary N) is 1. The molecule has 2 N–H and O–H groups in total. The van der Waals surface area contributed by atoms with E-state index in [0.29, 0.717) is 11.4 Å². The predicted octanol–water partition coefficient (Wildman–Crippen LogP) is 3.45. The van der Waals surface area contributed by atoms with Crippen molar-refractivity contribution >= 4 is 23.1 Å². The Kier molecular flexibility index (Phi) is 4.17. The van der Waals surface area contributed by atoms with Crippen LogP contribution in [-0.2, 0) is 0 Å². The van der Waals surface area contributed by atoms with E-state index in [-0.39, 0.29) is 5.88 Å². The first-order valence-corrected chi connectivity index (χ1v) is 6.26. The maximum Gasteiger partial charge on any atom is 0.115 e. The van der Waals surface area contributed by atoms with Gasteiger partial charge in [0.1, 0.15) is 5.84 Å². The molecule has 0 unspecified atom stereocenters. The number of hydrogen-bond acceptors (Lipinski definition) is 2. The van der Waals surface area contributed by atoms with Gasteiger partial charge in [0.25, 0.3) is 0 Å². The van der Waals surface area contributed by atoms with Gasteiger partial charge in [-0.3, -0.25) is 0 Å². The summed E-state index contributed by atoms with van der Waals surface area (Å²) < 4.78 is 0. The Labute approximate surface area is 117 Å². The Morgan fingerprint density at radius 1 is 1.16 bits per heavy atom. The molecule has 94 valence electrons. The lowest BCUT2D eigenvalue weighted by Gasteiger charge is -2.03. The highest BCUT2D eigenvalue weighted by atomic mass is 35.5. The zero-order chi connectivity index (χ0) is 13.7. The number of nitriles is 1. The molecule has 4 heteroatoms. The van der Waals surface area contributed by atoms with Crippen LogP contribution in [0.1, 0.15) is 5.56 Å². The van der Waals surface area contributed by atoms with Gasteiger partial charge < -0.3 is 5.73 Å². The lowest BCUT2D eigenvalue weighted by molar-refractivity contribution is 1.45. The number of aliphatic imine (C=N–C) groups is 1. The third kappa shape index (κ3) is 3.34. The molecule has 2 aromatic rings. The third-order valence-electron chi connectivity index (χ3n) is 2.60. The zero-order valence-electron chi connectivity index (χ0n) is 10.2. The van der Waals surface area contributed by atoms with E-state index in [1.54, 1.807) is 6.07 Å². The van der Waals surface area contributed by atoms with Crippen molar-refractivity contribution in [3.05, 3.63) is 54.1 Å². The monoisotopic (exact) mass is 269 g/mol. The fourth-order valence-electron chi connectivity index (χ4n) is 1.69. The first-order valence-electron chi connectivity index (χ1n) is 5.72. The molecule has 0 amide bonds. The standard InChI is InChI=1S/C15H12ClN3/c16-9-15(18)19-14-6-4-12(5-7-14)13-3-1-2-11(8-13)10-17/h1-8H,9H2,(H2,18,19). The van der Waals surface area contributed by atoms with Crippen molar-refractivity contribution < 1.29 is 0 Å². The normalized spacial score (nSPS) is 11.1. The Bertz CT molecular complexity index is 639. The molecule has 0 aliphatic rings. The predicted molar refractivity (Wildman–Crippen MR) is 78.6 cm³/mol. The fraction of sp³-hybridized carbons (Fsp3) is 0.0667. The van der Waals surface area contributed by atoms with E-state index in [1.165, 1.54) is 0 Å². The van der Waals surface area contributed by atoms with Crippen LogP contribution in [-0.4, -0.2) is 11.7 Å². The van der Waals surface area contributed by atoms with E-state index in [0.717, 1.165) is 16.8 Å². The first kappa shape index (κ1) is 13.1. The Balaban J connectivity index is 2.30. The van der Waals surface area contributed by atoms with Crippen LogP contribution in [0, 0.1) is 11.3 Å². The van der Waals surface area contributed by atoms with Crippen LogP contribution in [0.2, 0.25) is 0 Å². The molecule has 0 atom stereocenters. The summed E-state index contributed by atoms with van der Waals surface area (Å²) in [7, 11) is 0. The average Bonchev–Trinajstić information content (AvgIpc) is 2.48. The molecule has 0 fully saturated rings. The summed E-state index contributed by atoms with van der Waals surface area (Å²) in [6.45, 7) is 0. The molecule has 0 aliphatic carbocycles. The molecule has 3 nitrogen and oxygen atoms in total. The van der Waals surface area contributed by atoms with Gasteiger partial charge in [0, 0.05) is 0 Å². The SMILES string of the molecule is N#Cc1cccc(-c2ccc(N=C(N)CCl)cc2)c1. The quantitative estimate of drug-likeness (QED) is 0.527. The highest BCUT2D eigenvalue weighted by molar-refractivity contribution is 6.28. The minimum Gasteiger partial charge on any atom is -0.386 e. The van der Waals surface area contributed by atoms with Gasteiger partial charge in [0.05, 0.1) is 23.2 Å². The van der Waals surface area contributed by atoms with Gasteiger partial charge in [-0.1, -0.05) is 24.3 Å². The van der Waals surface area contributed by atoms with Crippen LogP contribution in [0.25, 0.3) is 11.1 Å². The van der Waals surface area contributed by atoms with Crippen molar-refractivity contribution in [3.63, 3.8) is 0 Å². The van der Waals surface area contributed by atoms with Crippen LogP contribution in [0.4, 0.5) is 5.69 Å². The molecule has 0 bridgehead atoms. The number of hydrogen-bond donors (Lipinski definition) is 1. The van der Waals surface area contributed by atoms with Crippen molar-refractivity contribution in [1.82, 2.24) is 0 Å². The van der Waals surface area contributed by atoms with Crippen molar-refractivity contribution in [2.24, 2.45) is 10.7 Å². The third-order valence-corrected chi connectivity index (χ3v) is 2.88. The lowest BCUT2D eigenvalue weighted by Crippen LogP contribution is -2.12. The van der Waals surface area contributed by atoms with E-state index in [4.69, 9.17) is 22.6 Å². The molecule has 2 aromatic carbocycles. The summed E-state index contributed by atoms with van der Waals surface area (Å²) in [4.78, 5) is 4.16. The summed E-state index contributed by atoms with van der Waals surface area (Å²) in [5, 5.41) is 8.89. The minimum absolute atomic E-state index is 0.214. The molecular weight excluding hydrogens is 258 g/mol. The van der Waals surface area contributed by atoms with E-state index < -0.39 is 0 Å². The van der Waals surface area contributed by atoms with Crippen LogP contribution < -0.4 is 5.73 Å². The Morgan fingerprint density at radius 2 is 1.89 bits per heavy atom. The second-order valence-electron chi connectivity index (χ2n) is 3.98. The summed E-state index contributed by atoms with van der Waals surface area (Å²) in [6.07, 6.45) is 0. The van der Waals surface area contributed by atoms with Crippen LogP contribution >= 0.6 is 11.6 Å². The zero-order valence-corrected chi connectivity index (χ0v) is 10.9. The van der Waals surface area contributed by atoms with Gasteiger partial charge >= 0.3 is 0 Å². The highest BCUT2D eigenvalue weighted by Gasteiger charge is 1.99. The Hall–Kier alpha value is -2.31. The second kappa shape index (κ2) is 6.03. The molecule has 0 aliphatic heterocycles. The lowest BCUT2D eigenvalue weighted by atomic mass is 10.0. The Morgan fingerprint density at radius 3 is 2.53 bits per heavy atom. The molecule has 2 rings (SSSR count). The largest absolute Gasteiger partial charge is 0.386 e. The molecule has 0 saturated carbocycles. The number of halogens is 1. The molecule has 0 aromatic heterocycles. The van der Waals surface area contributed by atoms with Crippen molar-refractivity contribution in [3.8, 4) is 17.2 Å². The topological polar surface area (TPSA) is 62.2 Å². The van der Waals surface area contributed by atoms with Crippen LogP contribution in [0.3, 0.4) is 0 Å². The van der Waals surface area contributed by atoms with Crippen LogP contribution in [0.5, 0.6) is 0 Å². The number of nitrogens with zero attached hydrogens (tertiary/aromatic N) is 2. The van der Waals surface area contributed by atoms with E-state index in [9.17, 15) is 0 Å². The average molecular weight is 270 g/mol. The highest BCUT2D eigenvalue weighted by Crippen LogP contribution is 2.23. The smallest absolute Gasteiger partial charge is 0.115 e. The van der Waals surface area contributed by atoms with Crippen molar-refractivity contribution in [2.75, 3.05) is 5.88 Å². The van der Waals surface area contributed by atoms with Gasteiger partial charge in [-0.25, -0.2) is 4.99 Å². The van der Waals surface area contributed by atoms with Crippen LogP contribution in [0.15, 0.2) is 53.5 Å². The van der Waals surface area contributed by atoms with Gasteiger partial charge in [-0.05, 0) is 35.4 Å². The number of alkyl halides is 1. The number of benzene rings is 2. The maximum atomic E-state index is 8.89. The second-order valence-corrected chi connectivity index (χ2v) is 4.24. The maximum absolute atomic E-state index is 8.89. The van der Waals surface area contributed by atoms with E-state index in [1.807, 2.05) is 42.5 Å². The molecular formula is C15H12ClN3. The fourth-order valence-corrected chi connectivity index (χ4v) is 1.75. The summed E-state index contributed by atoms with van der Waals surface area (Å²) >= 11 is 5.58. The molecule has 0 heterocycles. The first-order chi connectivity index (χ1) is 9.22. The summed E-state index contributed by atoms with van der Waals surface area (Å²) in [6, 6.07) is 17.2. The van der Waals surface area contributed by atoms with Crippen molar-refractivity contribution in [1.29, 1.82) is 5.26 Å². The van der Waals surface area contributed by atoms with E-state index >= 15 is 0 Å². The molecule has 0 saturated heterocycles. The number of rotatable bonds is 3. The molecule has 0 spiro atoms. The molecule has 0 radical (unpaired) electrons. The van der Waals surface area contributed by atoms with Crippen molar-refractivity contribution in [2.45, 2.75) is 0 Å². The van der Waals surface area contributed by atoms with Gasteiger partial charge in [-0.15, -0.1) is 11.6 Å². The van der Waals surface area contributed by atoms with Gasteiger partial charge in [-0.2, -0.15) is 5.26 Å².